The van der Waals surface area contributed by atoms with E-state index in [4.69, 9.17) is 23.7 Å². The first-order chi connectivity index (χ1) is 15.7. The predicted octanol–water partition coefficient (Wildman–Crippen LogP) is 2.59. The lowest BCUT2D eigenvalue weighted by molar-refractivity contribution is -0.0322. The van der Waals surface area contributed by atoms with Crippen molar-refractivity contribution in [3.63, 3.8) is 0 Å². The Labute approximate surface area is 212 Å². The number of benzene rings is 2. The average molecular weight is 515 g/mol. The van der Waals surface area contributed by atoms with Gasteiger partial charge >= 0.3 is 0 Å². The van der Waals surface area contributed by atoms with Crippen LogP contribution in [0.25, 0.3) is 0 Å². The number of aliphatic hydroxyl groups excluding tert-OH is 1. The maximum absolute atomic E-state index is 10.4. The summed E-state index contributed by atoms with van der Waals surface area (Å²) >= 11 is 0. The number of piperazine rings is 1. The number of hydrogen-bond donors (Lipinski definition) is 1. The molecule has 34 heavy (non-hydrogen) atoms. The summed E-state index contributed by atoms with van der Waals surface area (Å²) in [5.41, 5.74) is 1.23. The van der Waals surface area contributed by atoms with E-state index in [0.717, 1.165) is 55.7 Å². The third-order valence-electron chi connectivity index (χ3n) is 5.96. The van der Waals surface area contributed by atoms with Crippen molar-refractivity contribution in [3.05, 3.63) is 48.0 Å². The zero-order chi connectivity index (χ0) is 21.8. The fourth-order valence-corrected chi connectivity index (χ4v) is 4.26. The van der Waals surface area contributed by atoms with Crippen LogP contribution in [0.2, 0.25) is 0 Å². The molecule has 0 radical (unpaired) electrons. The fraction of sp³-hybridized carbons (Fsp3) is 0.500. The number of nitrogens with zero attached hydrogens (tertiary/aromatic N) is 2. The first-order valence-corrected chi connectivity index (χ1v) is 11.2. The van der Waals surface area contributed by atoms with E-state index < -0.39 is 6.10 Å². The van der Waals surface area contributed by atoms with Gasteiger partial charge in [0.1, 0.15) is 6.61 Å². The predicted molar refractivity (Wildman–Crippen MR) is 132 cm³/mol. The topological polar surface area (TPSA) is 72.9 Å². The monoisotopic (exact) mass is 514 g/mol. The molecule has 1 saturated heterocycles. The summed E-state index contributed by atoms with van der Waals surface area (Å²) in [5.74, 6) is 3.16. The number of hydrogen-bond acceptors (Lipinski definition) is 8. The zero-order valence-electron chi connectivity index (χ0n) is 19.0. The highest BCUT2D eigenvalue weighted by atomic mass is 35.5. The Morgan fingerprint density at radius 1 is 0.882 bits per heavy atom. The van der Waals surface area contributed by atoms with Gasteiger partial charge in [-0.1, -0.05) is 18.2 Å². The van der Waals surface area contributed by atoms with Crippen molar-refractivity contribution < 1.29 is 28.8 Å². The molecule has 2 aromatic rings. The van der Waals surface area contributed by atoms with Gasteiger partial charge in [-0.25, -0.2) is 0 Å². The fourth-order valence-electron chi connectivity index (χ4n) is 4.26. The van der Waals surface area contributed by atoms with E-state index in [0.29, 0.717) is 33.2 Å². The van der Waals surface area contributed by atoms with Crippen LogP contribution in [0.3, 0.4) is 0 Å². The molecule has 5 rings (SSSR count). The first-order valence-electron chi connectivity index (χ1n) is 11.2. The molecular formula is C24H32Cl2N2O6. The van der Waals surface area contributed by atoms with Crippen molar-refractivity contribution in [2.45, 2.75) is 18.8 Å². The lowest BCUT2D eigenvalue weighted by Crippen LogP contribution is -2.48. The van der Waals surface area contributed by atoms with Crippen LogP contribution in [0.15, 0.2) is 42.5 Å². The number of halogens is 2. The third-order valence-corrected chi connectivity index (χ3v) is 5.96. The van der Waals surface area contributed by atoms with Gasteiger partial charge in [0.15, 0.2) is 29.1 Å². The van der Waals surface area contributed by atoms with E-state index in [-0.39, 0.29) is 30.9 Å². The van der Waals surface area contributed by atoms with E-state index in [1.54, 1.807) is 0 Å². The quantitative estimate of drug-likeness (QED) is 0.576. The summed E-state index contributed by atoms with van der Waals surface area (Å²) in [6.07, 6.45) is -0.677. The Kier molecular flexibility index (Phi) is 9.94. The van der Waals surface area contributed by atoms with Crippen molar-refractivity contribution in [2.24, 2.45) is 0 Å². The Morgan fingerprint density at radius 2 is 1.59 bits per heavy atom. The van der Waals surface area contributed by atoms with E-state index >= 15 is 0 Å². The van der Waals surface area contributed by atoms with Crippen LogP contribution in [0, 0.1) is 0 Å². The Hall–Kier alpha value is -1.94. The van der Waals surface area contributed by atoms with Crippen LogP contribution < -0.4 is 18.9 Å². The maximum Gasteiger partial charge on any atom is 0.231 e. The normalized spacial score (nSPS) is 20.2. The third kappa shape index (κ3) is 6.81. The van der Waals surface area contributed by atoms with Crippen molar-refractivity contribution in [1.82, 2.24) is 9.80 Å². The Balaban J connectivity index is 0.00000162. The van der Waals surface area contributed by atoms with Crippen molar-refractivity contribution >= 4 is 24.8 Å². The van der Waals surface area contributed by atoms with Gasteiger partial charge < -0.3 is 28.8 Å². The number of para-hydroxylation sites is 2. The lowest BCUT2D eigenvalue weighted by atomic mass is 10.1. The zero-order valence-corrected chi connectivity index (χ0v) is 20.6. The number of fused-ring (bicyclic) bond motifs is 2. The van der Waals surface area contributed by atoms with Gasteiger partial charge in [-0.15, -0.1) is 24.8 Å². The summed E-state index contributed by atoms with van der Waals surface area (Å²) in [7, 11) is 0. The molecule has 2 unspecified atom stereocenters. The molecular weight excluding hydrogens is 483 g/mol. The second kappa shape index (κ2) is 12.7. The summed E-state index contributed by atoms with van der Waals surface area (Å²) < 4.78 is 28.1. The van der Waals surface area contributed by atoms with Gasteiger partial charge in [-0.3, -0.25) is 9.80 Å². The highest BCUT2D eigenvalue weighted by molar-refractivity contribution is 5.85. The standard InChI is InChI=1S/C24H30N2O6.2ClH/c27-19(14-28-15-20-16-29-21-3-1-2-4-23(21)32-20)13-26-9-7-25(8-10-26)12-18-5-6-22-24(11-18)31-17-30-22;;/h1-6,11,19-20,27H,7-10,12-17H2;2*1H. The van der Waals surface area contributed by atoms with Gasteiger partial charge in [-0.2, -0.15) is 0 Å². The number of rotatable bonds is 8. The largest absolute Gasteiger partial charge is 0.486 e. The molecule has 3 aliphatic heterocycles. The van der Waals surface area contributed by atoms with Gasteiger partial charge in [0.2, 0.25) is 6.79 Å². The molecule has 1 fully saturated rings. The Morgan fingerprint density at radius 3 is 2.41 bits per heavy atom. The first kappa shape index (κ1) is 26.7. The van der Waals surface area contributed by atoms with Crippen LogP contribution in [-0.4, -0.2) is 86.5 Å². The highest BCUT2D eigenvalue weighted by Crippen LogP contribution is 2.33. The molecule has 0 amide bonds. The van der Waals surface area contributed by atoms with Crippen molar-refractivity contribution in [2.75, 3.05) is 59.3 Å². The Bertz CT molecular complexity index is 913. The molecule has 8 nitrogen and oxygen atoms in total. The summed E-state index contributed by atoms with van der Waals surface area (Å²) in [4.78, 5) is 4.72. The van der Waals surface area contributed by atoms with Crippen LogP contribution in [0.4, 0.5) is 0 Å². The highest BCUT2D eigenvalue weighted by Gasteiger charge is 2.23. The molecule has 188 valence electrons. The van der Waals surface area contributed by atoms with Crippen molar-refractivity contribution in [1.29, 1.82) is 0 Å². The van der Waals surface area contributed by atoms with Crippen LogP contribution in [0.5, 0.6) is 23.0 Å². The molecule has 0 bridgehead atoms. The molecule has 0 saturated carbocycles. The molecule has 0 aliphatic carbocycles. The second-order valence-electron chi connectivity index (χ2n) is 8.45. The summed E-state index contributed by atoms with van der Waals surface area (Å²) in [5, 5.41) is 10.4. The number of β-amino-alcohol motifs (C(OH)–C–C–N with tert-alkyl or cyclic N) is 1. The van der Waals surface area contributed by atoms with Crippen molar-refractivity contribution in [3.8, 4) is 23.0 Å². The van der Waals surface area contributed by atoms with Crippen LogP contribution in [-0.2, 0) is 11.3 Å². The minimum absolute atomic E-state index is 0. The van der Waals surface area contributed by atoms with Gasteiger partial charge in [-0.05, 0) is 29.8 Å². The number of ether oxygens (including phenoxy) is 5. The average Bonchev–Trinajstić information content (AvgIpc) is 3.28. The summed E-state index contributed by atoms with van der Waals surface area (Å²) in [6.45, 7) is 6.75. The van der Waals surface area contributed by atoms with E-state index in [2.05, 4.69) is 21.9 Å². The van der Waals surface area contributed by atoms with Gasteiger partial charge in [0, 0.05) is 39.3 Å². The summed E-state index contributed by atoms with van der Waals surface area (Å²) in [6, 6.07) is 13.8. The SMILES string of the molecule is Cl.Cl.OC(COCC1COc2ccccc2O1)CN1CCN(Cc2ccc3c(c2)OCO3)CC1. The minimum atomic E-state index is -0.521. The molecule has 2 atom stereocenters. The smallest absolute Gasteiger partial charge is 0.231 e. The molecule has 3 aliphatic rings. The van der Waals surface area contributed by atoms with Crippen LogP contribution >= 0.6 is 24.8 Å². The maximum atomic E-state index is 10.4. The molecule has 0 spiro atoms. The van der Waals surface area contributed by atoms with E-state index in [1.807, 2.05) is 30.3 Å². The molecule has 1 N–H and O–H groups in total. The molecule has 10 heteroatoms. The molecule has 0 aromatic heterocycles. The molecule has 2 aromatic carbocycles. The van der Waals surface area contributed by atoms with Crippen LogP contribution in [0.1, 0.15) is 5.56 Å². The molecule has 3 heterocycles. The number of aliphatic hydroxyl groups is 1. The second-order valence-corrected chi connectivity index (χ2v) is 8.45. The van der Waals surface area contributed by atoms with Gasteiger partial charge in [0.05, 0.1) is 19.3 Å². The van der Waals surface area contributed by atoms with Gasteiger partial charge in [0.25, 0.3) is 0 Å². The minimum Gasteiger partial charge on any atom is -0.486 e. The lowest BCUT2D eigenvalue weighted by Gasteiger charge is -2.35. The van der Waals surface area contributed by atoms with E-state index in [1.165, 1.54) is 5.56 Å². The van der Waals surface area contributed by atoms with E-state index in [9.17, 15) is 5.11 Å².